The molecule has 0 radical (unpaired) electrons. The second kappa shape index (κ2) is 5.30. The van der Waals surface area contributed by atoms with Crippen LogP contribution in [0.3, 0.4) is 0 Å². The zero-order valence-electron chi connectivity index (χ0n) is 12.6. The van der Waals surface area contributed by atoms with E-state index in [1.807, 2.05) is 6.07 Å². The Morgan fingerprint density at radius 2 is 2.36 bits per heavy atom. The first kappa shape index (κ1) is 14.1. The molecule has 1 saturated heterocycles. The van der Waals surface area contributed by atoms with Gasteiger partial charge >= 0.3 is 0 Å². The zero-order valence-corrected chi connectivity index (χ0v) is 12.6. The van der Waals surface area contributed by atoms with Crippen LogP contribution in [0.1, 0.15) is 40.9 Å². The predicted molar refractivity (Wildman–Crippen MR) is 80.5 cm³/mol. The number of amides is 1. The molecule has 1 aliphatic carbocycles. The highest BCUT2D eigenvalue weighted by Gasteiger charge is 2.45. The van der Waals surface area contributed by atoms with Crippen molar-refractivity contribution in [1.29, 1.82) is 0 Å². The summed E-state index contributed by atoms with van der Waals surface area (Å²) in [5, 5.41) is 12.1. The molecule has 22 heavy (non-hydrogen) atoms. The summed E-state index contributed by atoms with van der Waals surface area (Å²) in [7, 11) is 0. The Labute approximate surface area is 129 Å². The molecule has 2 fully saturated rings. The van der Waals surface area contributed by atoms with Gasteiger partial charge in [-0.05, 0) is 42.7 Å². The molecule has 1 unspecified atom stereocenters. The summed E-state index contributed by atoms with van der Waals surface area (Å²) in [4.78, 5) is 18.5. The van der Waals surface area contributed by atoms with Crippen LogP contribution in [-0.4, -0.2) is 46.7 Å². The minimum absolute atomic E-state index is 0.426. The summed E-state index contributed by atoms with van der Waals surface area (Å²) < 4.78 is 0. The van der Waals surface area contributed by atoms with Gasteiger partial charge in [0.15, 0.2) is 0 Å². The van der Waals surface area contributed by atoms with Crippen LogP contribution in [-0.2, 0) is 13.0 Å². The molecule has 2 aliphatic heterocycles. The molecular formula is C16H22N4O2. The third kappa shape index (κ3) is 2.31. The van der Waals surface area contributed by atoms with Crippen molar-refractivity contribution in [2.24, 2.45) is 5.41 Å². The molecular weight excluding hydrogens is 280 g/mol. The van der Waals surface area contributed by atoms with E-state index in [1.54, 1.807) is 11.7 Å². The predicted octanol–water partition coefficient (Wildman–Crippen LogP) is 0.701. The van der Waals surface area contributed by atoms with Crippen molar-refractivity contribution in [2.45, 2.75) is 38.3 Å². The van der Waals surface area contributed by atoms with Gasteiger partial charge < -0.3 is 5.32 Å². The molecule has 3 aliphatic rings. The van der Waals surface area contributed by atoms with Gasteiger partial charge in [-0.3, -0.25) is 19.9 Å². The SMILES string of the molecule is O=C(NO)c1cnc2c(c1)CCN(C1CCC3(CNC3)C1)C2. The first-order valence-corrected chi connectivity index (χ1v) is 8.06. The Kier molecular flexibility index (Phi) is 3.40. The van der Waals surface area contributed by atoms with Crippen LogP contribution in [0.4, 0.5) is 0 Å². The van der Waals surface area contributed by atoms with Crippen molar-refractivity contribution in [2.75, 3.05) is 19.6 Å². The summed E-state index contributed by atoms with van der Waals surface area (Å²) in [5.41, 5.74) is 4.88. The van der Waals surface area contributed by atoms with Crippen molar-refractivity contribution >= 4 is 5.91 Å². The Bertz CT molecular complexity index is 600. The van der Waals surface area contributed by atoms with Crippen molar-refractivity contribution in [3.8, 4) is 0 Å². The summed E-state index contributed by atoms with van der Waals surface area (Å²) in [6, 6.07) is 2.54. The number of pyridine rings is 1. The zero-order chi connectivity index (χ0) is 15.2. The van der Waals surface area contributed by atoms with Gasteiger partial charge in [0.25, 0.3) is 5.91 Å². The highest BCUT2D eigenvalue weighted by atomic mass is 16.5. The quantitative estimate of drug-likeness (QED) is 0.554. The number of hydroxylamine groups is 1. The van der Waals surface area contributed by atoms with Crippen molar-refractivity contribution in [3.63, 3.8) is 0 Å². The number of carbonyl (C=O) groups is 1. The maximum absolute atomic E-state index is 11.5. The summed E-state index contributed by atoms with van der Waals surface area (Å²) in [6.45, 7) is 4.29. The second-order valence-electron chi connectivity index (χ2n) is 6.99. The Morgan fingerprint density at radius 3 is 3.05 bits per heavy atom. The summed E-state index contributed by atoms with van der Waals surface area (Å²) in [5.74, 6) is -0.493. The number of carbonyl (C=O) groups excluding carboxylic acids is 1. The largest absolute Gasteiger partial charge is 0.316 e. The highest BCUT2D eigenvalue weighted by molar-refractivity contribution is 5.93. The van der Waals surface area contributed by atoms with Crippen LogP contribution in [0.5, 0.6) is 0 Å². The van der Waals surface area contributed by atoms with Gasteiger partial charge in [0.2, 0.25) is 0 Å². The monoisotopic (exact) mass is 302 g/mol. The van der Waals surface area contributed by atoms with Crippen LogP contribution < -0.4 is 10.8 Å². The summed E-state index contributed by atoms with van der Waals surface area (Å²) in [6.07, 6.45) is 6.43. The maximum Gasteiger partial charge on any atom is 0.276 e. The normalized spacial score (nSPS) is 26.5. The standard InChI is InChI=1S/C16H22N4O2/c21-15(19-22)12-5-11-2-4-20(8-14(11)18-7-12)13-1-3-16(6-13)9-17-10-16/h5,7,13,17,22H,1-4,6,8-10H2,(H,19,21). The van der Waals surface area contributed by atoms with E-state index in [4.69, 9.17) is 5.21 Å². The van der Waals surface area contributed by atoms with Gasteiger partial charge in [0, 0.05) is 38.4 Å². The Hall–Kier alpha value is -1.50. The van der Waals surface area contributed by atoms with Gasteiger partial charge in [0.05, 0.1) is 11.3 Å². The number of rotatable bonds is 2. The molecule has 0 bridgehead atoms. The molecule has 1 spiro atoms. The molecule has 3 heterocycles. The van der Waals surface area contributed by atoms with E-state index in [0.29, 0.717) is 17.0 Å². The van der Waals surface area contributed by atoms with E-state index < -0.39 is 5.91 Å². The molecule has 1 aromatic rings. The van der Waals surface area contributed by atoms with Crippen LogP contribution in [0.15, 0.2) is 12.3 Å². The lowest BCUT2D eigenvalue weighted by Crippen LogP contribution is -2.52. The van der Waals surface area contributed by atoms with Crippen LogP contribution in [0.2, 0.25) is 0 Å². The fourth-order valence-electron chi connectivity index (χ4n) is 4.22. The van der Waals surface area contributed by atoms with Crippen LogP contribution in [0, 0.1) is 5.41 Å². The van der Waals surface area contributed by atoms with Crippen LogP contribution in [0.25, 0.3) is 0 Å². The first-order chi connectivity index (χ1) is 10.7. The molecule has 1 amide bonds. The average Bonchev–Trinajstić information content (AvgIpc) is 2.99. The van der Waals surface area contributed by atoms with Gasteiger partial charge in [-0.15, -0.1) is 0 Å². The second-order valence-corrected chi connectivity index (χ2v) is 6.99. The van der Waals surface area contributed by atoms with E-state index in [9.17, 15) is 4.79 Å². The van der Waals surface area contributed by atoms with E-state index in [2.05, 4.69) is 15.2 Å². The molecule has 0 aromatic carbocycles. The molecule has 118 valence electrons. The average molecular weight is 302 g/mol. The van der Waals surface area contributed by atoms with Gasteiger partial charge in [0.1, 0.15) is 0 Å². The van der Waals surface area contributed by atoms with Crippen molar-refractivity contribution < 1.29 is 10.0 Å². The lowest BCUT2D eigenvalue weighted by atomic mass is 9.80. The number of nitrogens with zero attached hydrogens (tertiary/aromatic N) is 2. The van der Waals surface area contributed by atoms with Gasteiger partial charge in [-0.25, -0.2) is 5.48 Å². The fraction of sp³-hybridized carbons (Fsp3) is 0.625. The van der Waals surface area contributed by atoms with Gasteiger partial charge in [-0.1, -0.05) is 0 Å². The smallest absolute Gasteiger partial charge is 0.276 e. The number of fused-ring (bicyclic) bond motifs is 1. The van der Waals surface area contributed by atoms with E-state index in [1.165, 1.54) is 32.4 Å². The number of hydrogen-bond acceptors (Lipinski definition) is 5. The molecule has 3 N–H and O–H groups in total. The molecule has 1 atom stereocenters. The molecule has 4 rings (SSSR count). The Balaban J connectivity index is 1.47. The third-order valence-corrected chi connectivity index (χ3v) is 5.64. The third-order valence-electron chi connectivity index (χ3n) is 5.64. The van der Waals surface area contributed by atoms with E-state index in [0.717, 1.165) is 30.8 Å². The van der Waals surface area contributed by atoms with Crippen molar-refractivity contribution in [3.05, 3.63) is 29.1 Å². The lowest BCUT2D eigenvalue weighted by molar-refractivity contribution is 0.0705. The number of hydrogen-bond donors (Lipinski definition) is 3. The maximum atomic E-state index is 11.5. The molecule has 6 heteroatoms. The first-order valence-electron chi connectivity index (χ1n) is 8.06. The molecule has 6 nitrogen and oxygen atoms in total. The fourth-order valence-corrected chi connectivity index (χ4v) is 4.22. The minimum atomic E-state index is -0.493. The minimum Gasteiger partial charge on any atom is -0.316 e. The van der Waals surface area contributed by atoms with E-state index >= 15 is 0 Å². The topological polar surface area (TPSA) is 77.5 Å². The van der Waals surface area contributed by atoms with E-state index in [-0.39, 0.29) is 0 Å². The highest BCUT2D eigenvalue weighted by Crippen LogP contribution is 2.43. The number of aromatic nitrogens is 1. The van der Waals surface area contributed by atoms with Gasteiger partial charge in [-0.2, -0.15) is 0 Å². The van der Waals surface area contributed by atoms with Crippen molar-refractivity contribution in [1.82, 2.24) is 20.7 Å². The van der Waals surface area contributed by atoms with Crippen LogP contribution >= 0.6 is 0 Å². The number of nitrogens with one attached hydrogen (secondary N) is 2. The molecule has 1 saturated carbocycles. The lowest BCUT2D eigenvalue weighted by Gasteiger charge is -2.41. The molecule has 1 aromatic heterocycles. The summed E-state index contributed by atoms with van der Waals surface area (Å²) >= 11 is 0. The Morgan fingerprint density at radius 1 is 1.50 bits per heavy atom.